The minimum absolute atomic E-state index is 0.0617. The first kappa shape index (κ1) is 18.9. The molecule has 2 aromatic carbocycles. The molecule has 3 rings (SSSR count). The molecule has 0 aliphatic rings. The maximum absolute atomic E-state index is 12.5. The van der Waals surface area contributed by atoms with E-state index in [1.165, 1.54) is 27.5 Å². The highest BCUT2D eigenvalue weighted by Gasteiger charge is 2.14. The molecule has 1 heterocycles. The normalized spacial score (nSPS) is 10.8. The number of nitrogens with zero attached hydrogens (tertiary/aromatic N) is 2. The van der Waals surface area contributed by atoms with Gasteiger partial charge in [-0.05, 0) is 12.1 Å². The summed E-state index contributed by atoms with van der Waals surface area (Å²) < 4.78 is 15.8. The zero-order valence-corrected chi connectivity index (χ0v) is 15.5. The minimum atomic E-state index is -0.567. The molecule has 0 aliphatic heterocycles. The van der Waals surface area contributed by atoms with E-state index in [1.54, 1.807) is 36.4 Å². The number of hydrogen-bond acceptors (Lipinski definition) is 7. The zero-order chi connectivity index (χ0) is 20.1. The molecule has 1 aromatic heterocycles. The van der Waals surface area contributed by atoms with Crippen molar-refractivity contribution in [3.8, 4) is 17.2 Å². The number of carbonyl (C=O) groups is 1. The monoisotopic (exact) mass is 382 g/mol. The molecule has 0 bridgehead atoms. The van der Waals surface area contributed by atoms with Crippen molar-refractivity contribution in [2.45, 2.75) is 0 Å². The van der Waals surface area contributed by atoms with Crippen molar-refractivity contribution < 1.29 is 19.0 Å². The smallest absolute Gasteiger partial charge is 0.292 e. The van der Waals surface area contributed by atoms with E-state index < -0.39 is 5.91 Å². The van der Waals surface area contributed by atoms with E-state index in [2.05, 4.69) is 20.7 Å². The van der Waals surface area contributed by atoms with E-state index in [9.17, 15) is 9.59 Å². The van der Waals surface area contributed by atoms with Crippen molar-refractivity contribution in [1.29, 1.82) is 0 Å². The Bertz CT molecular complexity index is 1110. The van der Waals surface area contributed by atoms with Crippen molar-refractivity contribution >= 4 is 22.9 Å². The first-order valence-corrected chi connectivity index (χ1v) is 8.20. The lowest BCUT2D eigenvalue weighted by molar-refractivity contribution is 0.0951. The fraction of sp³-hybridized carbons (Fsp3) is 0.158. The summed E-state index contributed by atoms with van der Waals surface area (Å²) in [5.74, 6) is 0.917. The lowest BCUT2D eigenvalue weighted by Crippen LogP contribution is -2.22. The number of hydrogen-bond donors (Lipinski definition) is 2. The Hall–Kier alpha value is -3.88. The summed E-state index contributed by atoms with van der Waals surface area (Å²) in [4.78, 5) is 24.3. The summed E-state index contributed by atoms with van der Waals surface area (Å²) in [6, 6.07) is 10.0. The van der Waals surface area contributed by atoms with Crippen molar-refractivity contribution in [2.75, 3.05) is 21.3 Å². The SMILES string of the molecule is COc1cc(OC)c(OC)cc1/C=N\NC(=O)c1n[nH]c(=O)c2ccccc12. The number of fused-ring (bicyclic) bond motifs is 1. The van der Waals surface area contributed by atoms with Crippen molar-refractivity contribution in [3.63, 3.8) is 0 Å². The molecule has 144 valence electrons. The van der Waals surface area contributed by atoms with Crippen LogP contribution in [0.2, 0.25) is 0 Å². The molecular weight excluding hydrogens is 364 g/mol. The summed E-state index contributed by atoms with van der Waals surface area (Å²) >= 11 is 0. The van der Waals surface area contributed by atoms with Gasteiger partial charge in [-0.25, -0.2) is 10.5 Å². The molecule has 0 radical (unpaired) electrons. The lowest BCUT2D eigenvalue weighted by atomic mass is 10.1. The van der Waals surface area contributed by atoms with Crippen LogP contribution in [0.3, 0.4) is 0 Å². The van der Waals surface area contributed by atoms with Crippen molar-refractivity contribution in [1.82, 2.24) is 15.6 Å². The summed E-state index contributed by atoms with van der Waals surface area (Å²) in [6.45, 7) is 0. The van der Waals surface area contributed by atoms with Gasteiger partial charge in [0.05, 0.1) is 32.9 Å². The van der Waals surface area contributed by atoms with Crippen LogP contribution in [0.15, 0.2) is 46.3 Å². The summed E-state index contributed by atoms with van der Waals surface area (Å²) in [7, 11) is 4.54. The van der Waals surface area contributed by atoms with E-state index in [0.29, 0.717) is 33.6 Å². The van der Waals surface area contributed by atoms with E-state index >= 15 is 0 Å². The Labute approximate surface area is 159 Å². The van der Waals surface area contributed by atoms with Crippen LogP contribution in [0.5, 0.6) is 17.2 Å². The maximum Gasteiger partial charge on any atom is 0.292 e. The average molecular weight is 382 g/mol. The Morgan fingerprint density at radius 2 is 1.68 bits per heavy atom. The second-order valence-electron chi connectivity index (χ2n) is 5.60. The van der Waals surface area contributed by atoms with Gasteiger partial charge < -0.3 is 14.2 Å². The molecule has 3 aromatic rings. The summed E-state index contributed by atoms with van der Waals surface area (Å²) in [6.07, 6.45) is 1.41. The predicted octanol–water partition coefficient (Wildman–Crippen LogP) is 1.71. The third-order valence-electron chi connectivity index (χ3n) is 4.02. The number of amides is 1. The number of methoxy groups -OCH3 is 3. The van der Waals surface area contributed by atoms with E-state index in [4.69, 9.17) is 14.2 Å². The van der Waals surface area contributed by atoms with E-state index in [1.807, 2.05) is 0 Å². The van der Waals surface area contributed by atoms with Gasteiger partial charge in [0.1, 0.15) is 5.75 Å². The highest BCUT2D eigenvalue weighted by molar-refractivity contribution is 6.04. The molecule has 1 amide bonds. The van der Waals surface area contributed by atoms with Gasteiger partial charge in [-0.1, -0.05) is 18.2 Å². The van der Waals surface area contributed by atoms with Crippen LogP contribution in [0.25, 0.3) is 10.8 Å². The predicted molar refractivity (Wildman–Crippen MR) is 104 cm³/mol. The standard InChI is InChI=1S/C19H18N4O5/c1-26-14-9-16(28-3)15(27-2)8-11(14)10-20-22-19(25)17-12-6-4-5-7-13(12)18(24)23-21-17/h4-10H,1-3H3,(H,22,25)(H,23,24)/b20-10-. The van der Waals surface area contributed by atoms with Crippen LogP contribution >= 0.6 is 0 Å². The molecule has 0 aliphatic carbocycles. The Morgan fingerprint density at radius 3 is 2.36 bits per heavy atom. The maximum atomic E-state index is 12.5. The Balaban J connectivity index is 1.87. The molecule has 0 unspecified atom stereocenters. The molecule has 0 saturated heterocycles. The first-order chi connectivity index (χ1) is 13.6. The lowest BCUT2D eigenvalue weighted by Gasteiger charge is -2.11. The van der Waals surface area contributed by atoms with Crippen LogP contribution in [-0.2, 0) is 0 Å². The van der Waals surface area contributed by atoms with Crippen LogP contribution in [-0.4, -0.2) is 43.6 Å². The third-order valence-corrected chi connectivity index (χ3v) is 4.02. The molecule has 0 atom stereocenters. The topological polar surface area (TPSA) is 115 Å². The highest BCUT2D eigenvalue weighted by Crippen LogP contribution is 2.33. The molecule has 9 nitrogen and oxygen atoms in total. The second kappa shape index (κ2) is 8.21. The Kier molecular flexibility index (Phi) is 5.54. The van der Waals surface area contributed by atoms with Gasteiger partial charge in [-0.3, -0.25) is 9.59 Å². The third kappa shape index (κ3) is 3.63. The molecule has 0 saturated carbocycles. The quantitative estimate of drug-likeness (QED) is 0.495. The number of aromatic amines is 1. The molecule has 2 N–H and O–H groups in total. The number of aromatic nitrogens is 2. The summed E-state index contributed by atoms with van der Waals surface area (Å²) in [5, 5.41) is 10.9. The van der Waals surface area contributed by atoms with E-state index in [0.717, 1.165) is 0 Å². The van der Waals surface area contributed by atoms with Crippen LogP contribution in [0, 0.1) is 0 Å². The van der Waals surface area contributed by atoms with Crippen molar-refractivity contribution in [2.24, 2.45) is 5.10 Å². The molecule has 0 spiro atoms. The van der Waals surface area contributed by atoms with E-state index in [-0.39, 0.29) is 11.3 Å². The Morgan fingerprint density at radius 1 is 1.04 bits per heavy atom. The molecular formula is C19H18N4O5. The van der Waals surface area contributed by atoms with Gasteiger partial charge in [0, 0.05) is 17.0 Å². The minimum Gasteiger partial charge on any atom is -0.496 e. The molecule has 9 heteroatoms. The summed E-state index contributed by atoms with van der Waals surface area (Å²) in [5.41, 5.74) is 2.66. The number of ether oxygens (including phenoxy) is 3. The number of rotatable bonds is 6. The van der Waals surface area contributed by atoms with Gasteiger partial charge in [-0.2, -0.15) is 10.2 Å². The highest BCUT2D eigenvalue weighted by atomic mass is 16.5. The fourth-order valence-electron chi connectivity index (χ4n) is 2.65. The van der Waals surface area contributed by atoms with Gasteiger partial charge in [0.25, 0.3) is 11.5 Å². The zero-order valence-electron chi connectivity index (χ0n) is 15.5. The van der Waals surface area contributed by atoms with Crippen LogP contribution in [0.1, 0.15) is 16.1 Å². The fourth-order valence-corrected chi connectivity index (χ4v) is 2.65. The van der Waals surface area contributed by atoms with Crippen LogP contribution < -0.4 is 25.2 Å². The van der Waals surface area contributed by atoms with Gasteiger partial charge in [-0.15, -0.1) is 0 Å². The van der Waals surface area contributed by atoms with Crippen molar-refractivity contribution in [3.05, 3.63) is 58.0 Å². The second-order valence-corrected chi connectivity index (χ2v) is 5.60. The largest absolute Gasteiger partial charge is 0.496 e. The van der Waals surface area contributed by atoms with Gasteiger partial charge in [0.2, 0.25) is 0 Å². The number of benzene rings is 2. The number of nitrogens with one attached hydrogen (secondary N) is 2. The van der Waals surface area contributed by atoms with Gasteiger partial charge in [0.15, 0.2) is 17.2 Å². The average Bonchev–Trinajstić information content (AvgIpc) is 2.73. The van der Waals surface area contributed by atoms with Crippen LogP contribution in [0.4, 0.5) is 0 Å². The molecule has 28 heavy (non-hydrogen) atoms. The first-order valence-electron chi connectivity index (χ1n) is 8.20. The number of H-pyrrole nitrogens is 1. The molecule has 0 fully saturated rings. The number of carbonyl (C=O) groups excluding carboxylic acids is 1. The number of hydrazone groups is 1. The van der Waals surface area contributed by atoms with Gasteiger partial charge >= 0.3 is 0 Å².